The van der Waals surface area contributed by atoms with Crippen LogP contribution in [0.15, 0.2) is 77.7 Å². The third-order valence-electron chi connectivity index (χ3n) is 7.72. The van der Waals surface area contributed by atoms with Crippen molar-refractivity contribution in [1.29, 1.82) is 0 Å². The van der Waals surface area contributed by atoms with Crippen LogP contribution in [0.3, 0.4) is 0 Å². The van der Waals surface area contributed by atoms with E-state index in [0.29, 0.717) is 46.1 Å². The minimum absolute atomic E-state index is 0.0167. The zero-order valence-corrected chi connectivity index (χ0v) is 22.9. The molecule has 1 fully saturated rings. The van der Waals surface area contributed by atoms with Gasteiger partial charge in [-0.3, -0.25) is 9.18 Å². The Morgan fingerprint density at radius 2 is 1.90 bits per heavy atom. The second-order valence-corrected chi connectivity index (χ2v) is 10.9. The van der Waals surface area contributed by atoms with Gasteiger partial charge < -0.3 is 19.0 Å². The third-order valence-corrected chi connectivity index (χ3v) is 7.72. The van der Waals surface area contributed by atoms with Crippen molar-refractivity contribution in [1.82, 2.24) is 19.1 Å². The molecule has 0 aliphatic heterocycles. The van der Waals surface area contributed by atoms with E-state index < -0.39 is 18.1 Å². The minimum atomic E-state index is -1.06. The van der Waals surface area contributed by atoms with Crippen LogP contribution in [-0.2, 0) is 19.7 Å². The molecule has 0 amide bonds. The highest BCUT2D eigenvalue weighted by atomic mass is 19.1. The Morgan fingerprint density at radius 1 is 1.07 bits per heavy atom. The fourth-order valence-corrected chi connectivity index (χ4v) is 4.98. The number of imidazole rings is 1. The van der Waals surface area contributed by atoms with Gasteiger partial charge in [0.25, 0.3) is 5.56 Å². The molecule has 0 saturated heterocycles. The van der Waals surface area contributed by atoms with Crippen LogP contribution >= 0.6 is 0 Å². The summed E-state index contributed by atoms with van der Waals surface area (Å²) >= 11 is 0. The molecule has 5 aromatic rings. The van der Waals surface area contributed by atoms with E-state index in [0.717, 1.165) is 18.4 Å². The van der Waals surface area contributed by atoms with Crippen LogP contribution in [0.5, 0.6) is 5.88 Å². The SMILES string of the molecule is Cc1ccc(COc2cccc(-c3ccn(Cc4nc5ccc(C(=O)O)cc5n4CC4(CF)CC4)c(=O)c3)n2)c(F)c1. The van der Waals surface area contributed by atoms with Crippen molar-refractivity contribution in [3.8, 4) is 17.1 Å². The number of carbonyl (C=O) groups is 1. The molecule has 6 rings (SSSR count). The Balaban J connectivity index is 1.25. The summed E-state index contributed by atoms with van der Waals surface area (Å²) in [6, 6.07) is 18.0. The minimum Gasteiger partial charge on any atom is -0.478 e. The summed E-state index contributed by atoms with van der Waals surface area (Å²) in [5, 5.41) is 9.48. The van der Waals surface area contributed by atoms with Gasteiger partial charge in [-0.15, -0.1) is 0 Å². The van der Waals surface area contributed by atoms with Gasteiger partial charge in [-0.2, -0.15) is 0 Å². The first-order chi connectivity index (χ1) is 20.2. The van der Waals surface area contributed by atoms with Crippen molar-refractivity contribution < 1.29 is 23.4 Å². The second kappa shape index (κ2) is 10.8. The number of halogens is 2. The van der Waals surface area contributed by atoms with Gasteiger partial charge >= 0.3 is 5.97 Å². The molecule has 1 saturated carbocycles. The smallest absolute Gasteiger partial charge is 0.335 e. The van der Waals surface area contributed by atoms with Gasteiger partial charge in [0.1, 0.15) is 18.2 Å². The fourth-order valence-electron chi connectivity index (χ4n) is 4.98. The van der Waals surface area contributed by atoms with Crippen LogP contribution in [-0.4, -0.2) is 36.9 Å². The lowest BCUT2D eigenvalue weighted by atomic mass is 10.1. The summed E-state index contributed by atoms with van der Waals surface area (Å²) in [4.78, 5) is 33.9. The molecule has 10 heteroatoms. The molecule has 3 heterocycles. The van der Waals surface area contributed by atoms with E-state index in [2.05, 4.69) is 9.97 Å². The first-order valence-electron chi connectivity index (χ1n) is 13.6. The lowest BCUT2D eigenvalue weighted by molar-refractivity contribution is 0.0697. The van der Waals surface area contributed by atoms with E-state index in [1.54, 1.807) is 48.7 Å². The van der Waals surface area contributed by atoms with Gasteiger partial charge in [-0.1, -0.05) is 18.2 Å². The predicted molar refractivity (Wildman–Crippen MR) is 153 cm³/mol. The van der Waals surface area contributed by atoms with Crippen LogP contribution in [0.2, 0.25) is 0 Å². The number of aryl methyl sites for hydroxylation is 1. The molecule has 1 N–H and O–H groups in total. The monoisotopic (exact) mass is 570 g/mol. The Kier molecular flexibility index (Phi) is 7.06. The van der Waals surface area contributed by atoms with Crippen LogP contribution in [0.4, 0.5) is 8.78 Å². The maximum atomic E-state index is 14.2. The number of hydrogen-bond acceptors (Lipinski definition) is 5. The number of aromatic carboxylic acids is 1. The molecule has 3 aromatic heterocycles. The topological polar surface area (TPSA) is 99.2 Å². The average molecular weight is 571 g/mol. The van der Waals surface area contributed by atoms with Crippen molar-refractivity contribution in [3.05, 3.63) is 112 Å². The molecular formula is C32H28F2N4O4. The molecule has 0 radical (unpaired) electrons. The number of fused-ring (bicyclic) bond motifs is 1. The Bertz CT molecular complexity index is 1880. The third kappa shape index (κ3) is 5.52. The standard InChI is InChI=1S/C32H28F2N4O4/c1-20-5-6-23(24(34)13-20)17-42-29-4-2-3-25(36-29)21-9-12-37(30(39)15-21)16-28-35-26-8-7-22(31(40)41)14-27(26)38(28)19-32(18-33)10-11-32/h2-9,12-15H,10-11,16-19H2,1H3,(H,40,41). The maximum Gasteiger partial charge on any atom is 0.335 e. The van der Waals surface area contributed by atoms with Crippen LogP contribution in [0.1, 0.15) is 40.2 Å². The predicted octanol–water partition coefficient (Wildman–Crippen LogP) is 5.78. The van der Waals surface area contributed by atoms with Gasteiger partial charge in [0.2, 0.25) is 5.88 Å². The molecule has 0 bridgehead atoms. The van der Waals surface area contributed by atoms with Crippen LogP contribution in [0.25, 0.3) is 22.3 Å². The van der Waals surface area contributed by atoms with Crippen molar-refractivity contribution in [3.63, 3.8) is 0 Å². The number of benzene rings is 2. The number of rotatable bonds is 10. The number of nitrogens with zero attached hydrogens (tertiary/aromatic N) is 4. The molecule has 0 spiro atoms. The number of ether oxygens (including phenoxy) is 1. The molecule has 0 atom stereocenters. The molecule has 8 nitrogen and oxygen atoms in total. The quantitative estimate of drug-likeness (QED) is 0.229. The number of hydrogen-bond donors (Lipinski definition) is 1. The van der Waals surface area contributed by atoms with Gasteiger partial charge in [-0.05, 0) is 61.7 Å². The van der Waals surface area contributed by atoms with Crippen molar-refractivity contribution in [2.75, 3.05) is 6.67 Å². The highest BCUT2D eigenvalue weighted by Gasteiger charge is 2.43. The zero-order chi connectivity index (χ0) is 29.4. The molecule has 1 aliphatic rings. The van der Waals surface area contributed by atoms with Crippen molar-refractivity contribution >= 4 is 17.0 Å². The summed E-state index contributed by atoms with van der Waals surface area (Å²) in [7, 11) is 0. The van der Waals surface area contributed by atoms with E-state index >= 15 is 0 Å². The molecule has 214 valence electrons. The Hall–Kier alpha value is -4.86. The molecule has 42 heavy (non-hydrogen) atoms. The van der Waals surface area contributed by atoms with Crippen LogP contribution in [0, 0.1) is 18.2 Å². The summed E-state index contributed by atoms with van der Waals surface area (Å²) in [6.45, 7) is 1.83. The fraction of sp³-hybridized carbons (Fsp3) is 0.250. The van der Waals surface area contributed by atoms with E-state index in [1.165, 1.54) is 22.8 Å². The highest BCUT2D eigenvalue weighted by Crippen LogP contribution is 2.48. The van der Waals surface area contributed by atoms with Gasteiger partial charge in [0.05, 0.1) is 35.5 Å². The molecule has 1 aliphatic carbocycles. The summed E-state index contributed by atoms with van der Waals surface area (Å²) in [5.41, 5.74) is 2.86. The average Bonchev–Trinajstić information content (AvgIpc) is 3.68. The first-order valence-corrected chi connectivity index (χ1v) is 13.6. The maximum absolute atomic E-state index is 14.2. The van der Waals surface area contributed by atoms with E-state index in [1.807, 2.05) is 17.6 Å². The Labute approximate surface area is 239 Å². The summed E-state index contributed by atoms with van der Waals surface area (Å²) in [6.07, 6.45) is 3.13. The van der Waals surface area contributed by atoms with Gasteiger partial charge in [-0.25, -0.2) is 19.2 Å². The lowest BCUT2D eigenvalue weighted by Gasteiger charge is -2.16. The normalized spacial score (nSPS) is 13.8. The summed E-state index contributed by atoms with van der Waals surface area (Å²) in [5.74, 6) is -0.565. The number of aromatic nitrogens is 4. The summed E-state index contributed by atoms with van der Waals surface area (Å²) < 4.78 is 37.1. The molecule has 0 unspecified atom stereocenters. The highest BCUT2D eigenvalue weighted by molar-refractivity contribution is 5.92. The number of carboxylic acids is 1. The van der Waals surface area contributed by atoms with Crippen molar-refractivity contribution in [2.45, 2.75) is 39.5 Å². The lowest BCUT2D eigenvalue weighted by Crippen LogP contribution is -2.23. The van der Waals surface area contributed by atoms with Gasteiger partial charge in [0.15, 0.2) is 0 Å². The second-order valence-electron chi connectivity index (χ2n) is 10.9. The van der Waals surface area contributed by atoms with Crippen LogP contribution < -0.4 is 10.3 Å². The van der Waals surface area contributed by atoms with E-state index in [9.17, 15) is 23.5 Å². The van der Waals surface area contributed by atoms with E-state index in [4.69, 9.17) is 4.74 Å². The number of alkyl halides is 1. The van der Waals surface area contributed by atoms with Crippen molar-refractivity contribution in [2.24, 2.45) is 5.41 Å². The Morgan fingerprint density at radius 3 is 2.62 bits per heavy atom. The number of carboxylic acid groups (broad SMARTS) is 1. The largest absolute Gasteiger partial charge is 0.478 e. The molecule has 2 aromatic carbocycles. The number of pyridine rings is 2. The molecular weight excluding hydrogens is 542 g/mol. The first kappa shape index (κ1) is 27.3. The van der Waals surface area contributed by atoms with E-state index in [-0.39, 0.29) is 30.1 Å². The zero-order valence-electron chi connectivity index (χ0n) is 22.9. The van der Waals surface area contributed by atoms with Gasteiger partial charge in [0, 0.05) is 41.4 Å².